The van der Waals surface area contributed by atoms with Crippen LogP contribution in [0.2, 0.25) is 0 Å². The lowest BCUT2D eigenvalue weighted by Crippen LogP contribution is -2.49. The Labute approximate surface area is 384 Å². The molecule has 0 aromatic carbocycles. The van der Waals surface area contributed by atoms with Gasteiger partial charge in [-0.25, -0.2) is 9.36 Å². The molecule has 0 aromatic rings. The average molecular weight is 916 g/mol. The predicted molar refractivity (Wildman–Crippen MR) is 256 cm³/mol. The van der Waals surface area contributed by atoms with Gasteiger partial charge in [0.15, 0.2) is 0 Å². The fourth-order valence-corrected chi connectivity index (χ4v) is 8.15. The molecule has 0 radical (unpaired) electrons. The molecule has 3 unspecified atom stereocenters. The molecule has 0 saturated heterocycles. The second-order valence-electron chi connectivity index (χ2n) is 18.0. The van der Waals surface area contributed by atoms with Crippen LogP contribution in [0.5, 0.6) is 0 Å². The van der Waals surface area contributed by atoms with E-state index in [-0.39, 0.29) is 50.7 Å². The van der Waals surface area contributed by atoms with Crippen LogP contribution in [0, 0.1) is 0 Å². The van der Waals surface area contributed by atoms with Crippen LogP contribution >= 0.6 is 7.82 Å². The second-order valence-corrected chi connectivity index (χ2v) is 19.6. The zero-order valence-corrected chi connectivity index (χ0v) is 41.9. The van der Waals surface area contributed by atoms with Crippen molar-refractivity contribution in [2.45, 2.75) is 245 Å². The highest BCUT2D eigenvalue weighted by atomic mass is 31.2. The maximum absolute atomic E-state index is 13.7. The molecular weight excluding hydrogens is 822 g/mol. The van der Waals surface area contributed by atoms with E-state index in [1.165, 1.54) is 89.5 Å². The lowest BCUT2D eigenvalue weighted by Gasteiger charge is -2.23. The van der Waals surface area contributed by atoms with Crippen molar-refractivity contribution < 1.29 is 46.8 Å². The minimum atomic E-state index is -4.27. The zero-order chi connectivity index (χ0) is 46.9. The highest BCUT2D eigenvalue weighted by Gasteiger charge is 2.31. The van der Waals surface area contributed by atoms with Crippen LogP contribution in [0.4, 0.5) is 4.79 Å². The van der Waals surface area contributed by atoms with Crippen molar-refractivity contribution in [3.8, 4) is 0 Å². The quantitative estimate of drug-likeness (QED) is 0.0232. The number of esters is 1. The Balaban J connectivity index is 5.48. The number of amides is 3. The third-order valence-electron chi connectivity index (χ3n) is 10.6. The molecule has 0 aliphatic rings. The smallest absolute Gasteiger partial charge is 0.462 e. The molecule has 0 spiro atoms. The summed E-state index contributed by atoms with van der Waals surface area (Å²) in [5.74, 6) is -1.07. The average Bonchev–Trinajstić information content (AvgIpc) is 3.23. The van der Waals surface area contributed by atoms with Crippen LogP contribution in [0.1, 0.15) is 228 Å². The van der Waals surface area contributed by atoms with Crippen molar-refractivity contribution in [1.29, 1.82) is 0 Å². The molecular formula is C49H94N3O10P. The van der Waals surface area contributed by atoms with Crippen LogP contribution < -0.4 is 16.0 Å². The fraction of sp³-hybridized carbons (Fsp3) is 0.878. The Morgan fingerprint density at radius 2 is 1.10 bits per heavy atom. The largest absolute Gasteiger partial charge is 0.475 e. The van der Waals surface area contributed by atoms with Gasteiger partial charge in [-0.1, -0.05) is 168 Å². The molecule has 0 fully saturated rings. The van der Waals surface area contributed by atoms with Gasteiger partial charge >= 0.3 is 19.9 Å². The zero-order valence-electron chi connectivity index (χ0n) is 41.0. The number of phosphoric acid groups is 1. The molecule has 13 nitrogen and oxygen atoms in total. The van der Waals surface area contributed by atoms with Gasteiger partial charge in [-0.2, -0.15) is 0 Å². The Bertz CT molecular complexity index is 1210. The number of alkyl carbamates (subject to hydrolysis) is 1. The number of carbonyl (C=O) groups excluding carboxylic acids is 4. The molecule has 14 heteroatoms. The van der Waals surface area contributed by atoms with Crippen molar-refractivity contribution >= 4 is 31.7 Å². The summed E-state index contributed by atoms with van der Waals surface area (Å²) in [6, 6.07) is -1.21. The molecule has 3 atom stereocenters. The topological polar surface area (TPSA) is 168 Å². The van der Waals surface area contributed by atoms with Gasteiger partial charge < -0.3 is 25.4 Å². The predicted octanol–water partition coefficient (Wildman–Crippen LogP) is 12.7. The van der Waals surface area contributed by atoms with E-state index < -0.39 is 38.1 Å². The summed E-state index contributed by atoms with van der Waals surface area (Å²) in [5, 5.41) is 8.18. The summed E-state index contributed by atoms with van der Waals surface area (Å²) in [6.07, 6.45) is 30.6. The summed E-state index contributed by atoms with van der Waals surface area (Å²) in [7, 11) is -4.27. The molecule has 0 aliphatic carbocycles. The lowest BCUT2D eigenvalue weighted by molar-refractivity contribution is -0.150. The number of carbonyl (C=O) groups is 4. The molecule has 370 valence electrons. The van der Waals surface area contributed by atoms with Gasteiger partial charge in [0.2, 0.25) is 11.8 Å². The van der Waals surface area contributed by atoms with Crippen molar-refractivity contribution in [2.24, 2.45) is 0 Å². The first-order chi connectivity index (χ1) is 30.3. The molecule has 0 rings (SSSR count). The number of phosphoric ester groups is 1. The maximum Gasteiger partial charge on any atom is 0.475 e. The first-order valence-electron chi connectivity index (χ1n) is 25.2. The first-order valence-corrected chi connectivity index (χ1v) is 26.6. The highest BCUT2D eigenvalue weighted by molar-refractivity contribution is 7.48. The second kappa shape index (κ2) is 41.0. The number of ether oxygens (including phenoxy) is 2. The molecule has 3 amide bonds. The Hall–Kier alpha value is -2.47. The fourth-order valence-electron chi connectivity index (χ4n) is 6.99. The summed E-state index contributed by atoms with van der Waals surface area (Å²) < 4.78 is 41.3. The minimum Gasteiger partial charge on any atom is -0.462 e. The number of unbranched alkanes of at least 4 members (excludes halogenated alkanes) is 22. The Morgan fingerprint density at radius 3 is 1.60 bits per heavy atom. The van der Waals surface area contributed by atoms with E-state index in [1.54, 1.807) is 20.8 Å². The van der Waals surface area contributed by atoms with Gasteiger partial charge in [-0.3, -0.25) is 28.0 Å². The van der Waals surface area contributed by atoms with Crippen LogP contribution in [-0.2, 0) is 42.0 Å². The third-order valence-corrected chi connectivity index (χ3v) is 12.0. The Morgan fingerprint density at radius 1 is 0.603 bits per heavy atom. The monoisotopic (exact) mass is 916 g/mol. The summed E-state index contributed by atoms with van der Waals surface area (Å²) in [6.45, 7) is 14.7. The van der Waals surface area contributed by atoms with Crippen LogP contribution in [-0.4, -0.2) is 74.5 Å². The van der Waals surface area contributed by atoms with Gasteiger partial charge in [0.05, 0.1) is 19.8 Å². The van der Waals surface area contributed by atoms with Crippen LogP contribution in [0.25, 0.3) is 0 Å². The van der Waals surface area contributed by atoms with E-state index in [0.717, 1.165) is 70.6 Å². The van der Waals surface area contributed by atoms with E-state index in [9.17, 15) is 23.7 Å². The number of nitrogens with one attached hydrogen (secondary N) is 3. The van der Waals surface area contributed by atoms with Crippen molar-refractivity contribution in [2.75, 3.05) is 32.9 Å². The summed E-state index contributed by atoms with van der Waals surface area (Å²) in [5.41, 5.74) is -0.699. The molecule has 0 heterocycles. The van der Waals surface area contributed by atoms with E-state index >= 15 is 0 Å². The molecule has 0 aliphatic heterocycles. The normalized spacial score (nSPS) is 13.4. The molecule has 63 heavy (non-hydrogen) atoms. The molecule has 0 bridgehead atoms. The van der Waals surface area contributed by atoms with Crippen LogP contribution in [0.3, 0.4) is 0 Å². The van der Waals surface area contributed by atoms with E-state index in [0.29, 0.717) is 25.7 Å². The molecule has 3 N–H and O–H groups in total. The number of hydrogen-bond donors (Lipinski definition) is 3. The SMILES string of the molecule is C=CCOP(=O)(OCCNC(=O)OC(C)(C)C)OCC(NC(=O)CCCCCCCCCCCCC)C(=O)NCCC(CCCCCCC)OC(=O)CCCCCCCCCCC. The summed E-state index contributed by atoms with van der Waals surface area (Å²) in [4.78, 5) is 51.9. The highest BCUT2D eigenvalue weighted by Crippen LogP contribution is 2.49. The summed E-state index contributed by atoms with van der Waals surface area (Å²) >= 11 is 0. The first kappa shape index (κ1) is 60.5. The number of rotatable bonds is 44. The van der Waals surface area contributed by atoms with E-state index in [1.807, 2.05) is 0 Å². The van der Waals surface area contributed by atoms with Crippen LogP contribution in [0.15, 0.2) is 12.7 Å². The third kappa shape index (κ3) is 39.6. The Kier molecular flexibility index (Phi) is 39.4. The standard InChI is InChI=1S/C49H94N3O10P/c1-8-12-15-18-20-22-23-25-26-29-32-35-45(53)52-44(42-60-63(57,58-40-11-4)59-41-39-51-48(56)62-49(5,6)7)47(55)50-38-37-43(34-31-28-17-14-10-3)61-46(54)36-33-30-27-24-21-19-16-13-9-2/h11,43-44H,4,8-10,12-42H2,1-3,5-7H3,(H,50,55)(H,51,56)(H,52,53). The van der Waals surface area contributed by atoms with Gasteiger partial charge in [0.1, 0.15) is 17.7 Å². The molecule has 0 aromatic heterocycles. The van der Waals surface area contributed by atoms with Gasteiger partial charge in [0, 0.05) is 32.4 Å². The molecule has 0 saturated carbocycles. The lowest BCUT2D eigenvalue weighted by atomic mass is 10.1. The van der Waals surface area contributed by atoms with E-state index in [2.05, 4.69) is 43.3 Å². The maximum atomic E-state index is 13.7. The van der Waals surface area contributed by atoms with Crippen molar-refractivity contribution in [3.05, 3.63) is 12.7 Å². The van der Waals surface area contributed by atoms with E-state index in [4.69, 9.17) is 23.0 Å². The van der Waals surface area contributed by atoms with Gasteiger partial charge in [-0.15, -0.1) is 6.58 Å². The van der Waals surface area contributed by atoms with Crippen molar-refractivity contribution in [1.82, 2.24) is 16.0 Å². The minimum absolute atomic E-state index is 0.0527. The van der Waals surface area contributed by atoms with Gasteiger partial charge in [0.25, 0.3) is 0 Å². The van der Waals surface area contributed by atoms with Gasteiger partial charge in [-0.05, 0) is 46.5 Å². The van der Waals surface area contributed by atoms with Crippen molar-refractivity contribution in [3.63, 3.8) is 0 Å². The number of hydrogen-bond acceptors (Lipinski definition) is 10.